The number of aryl methyl sites for hydroxylation is 1. The Balaban J connectivity index is 1.71. The van der Waals surface area contributed by atoms with Crippen LogP contribution in [-0.2, 0) is 0 Å². The van der Waals surface area contributed by atoms with E-state index in [4.69, 9.17) is 0 Å². The summed E-state index contributed by atoms with van der Waals surface area (Å²) in [5.41, 5.74) is 3.78. The summed E-state index contributed by atoms with van der Waals surface area (Å²) in [6.45, 7) is 6.08. The van der Waals surface area contributed by atoms with Gasteiger partial charge in [-0.2, -0.15) is 0 Å². The lowest BCUT2D eigenvalue weighted by Gasteiger charge is -2.11. The summed E-state index contributed by atoms with van der Waals surface area (Å²) >= 11 is 0. The Bertz CT molecular complexity index is 1150. The van der Waals surface area contributed by atoms with E-state index in [1.165, 1.54) is 12.8 Å². The molecule has 3 aromatic heterocycles. The van der Waals surface area contributed by atoms with E-state index in [0.717, 1.165) is 39.3 Å². The number of aromatic amines is 1. The molecule has 0 atom stereocenters. The van der Waals surface area contributed by atoms with Crippen LogP contribution in [0.15, 0.2) is 24.5 Å². The molecule has 5 rings (SSSR count). The van der Waals surface area contributed by atoms with Gasteiger partial charge < -0.3 is 9.55 Å². The quantitative estimate of drug-likeness (QED) is 0.573. The number of aromatic nitrogens is 5. The van der Waals surface area contributed by atoms with E-state index in [2.05, 4.69) is 38.4 Å². The summed E-state index contributed by atoms with van der Waals surface area (Å²) in [6.07, 6.45) is 6.08. The minimum Gasteiger partial charge on any atom is -0.345 e. The van der Waals surface area contributed by atoms with Gasteiger partial charge in [0.15, 0.2) is 5.82 Å². The number of nitrogens with zero attached hydrogens (tertiary/aromatic N) is 4. The number of fused-ring (bicyclic) bond motifs is 2. The van der Waals surface area contributed by atoms with Gasteiger partial charge in [-0.25, -0.2) is 19.3 Å². The second-order valence-electron chi connectivity index (χ2n) is 7.42. The molecule has 0 amide bonds. The molecule has 1 aliphatic rings. The zero-order chi connectivity index (χ0) is 18.0. The van der Waals surface area contributed by atoms with Crippen LogP contribution in [0.4, 0.5) is 4.39 Å². The predicted octanol–water partition coefficient (Wildman–Crippen LogP) is 4.88. The number of H-pyrrole nitrogens is 1. The lowest BCUT2D eigenvalue weighted by molar-refractivity contribution is 0.600. The third-order valence-corrected chi connectivity index (χ3v) is 5.15. The normalized spacial score (nSPS) is 14.8. The summed E-state index contributed by atoms with van der Waals surface area (Å²) in [5.74, 6) is 1.93. The molecule has 0 unspecified atom stereocenters. The minimum atomic E-state index is -0.301. The maximum absolute atomic E-state index is 14.8. The van der Waals surface area contributed by atoms with Crippen molar-refractivity contribution in [2.45, 2.75) is 45.6 Å². The third-order valence-electron chi connectivity index (χ3n) is 5.15. The number of imidazole rings is 1. The van der Waals surface area contributed by atoms with Crippen molar-refractivity contribution in [3.05, 3.63) is 42.0 Å². The van der Waals surface area contributed by atoms with Gasteiger partial charge in [0.05, 0.1) is 5.52 Å². The first-order chi connectivity index (χ1) is 12.5. The zero-order valence-corrected chi connectivity index (χ0v) is 15.0. The molecule has 4 aromatic rings. The number of rotatable bonds is 3. The van der Waals surface area contributed by atoms with Crippen molar-refractivity contribution in [2.75, 3.05) is 0 Å². The van der Waals surface area contributed by atoms with E-state index >= 15 is 0 Å². The fourth-order valence-electron chi connectivity index (χ4n) is 3.77. The van der Waals surface area contributed by atoms with E-state index in [1.54, 1.807) is 6.07 Å². The second kappa shape index (κ2) is 5.37. The van der Waals surface area contributed by atoms with Gasteiger partial charge in [-0.1, -0.05) is 0 Å². The van der Waals surface area contributed by atoms with Gasteiger partial charge in [-0.3, -0.25) is 0 Å². The van der Waals surface area contributed by atoms with Crippen LogP contribution in [0.1, 0.15) is 50.3 Å². The highest BCUT2D eigenvalue weighted by atomic mass is 19.1. The van der Waals surface area contributed by atoms with Crippen LogP contribution in [-0.4, -0.2) is 24.5 Å². The number of hydrogen-bond donors (Lipinski definition) is 1. The van der Waals surface area contributed by atoms with E-state index in [9.17, 15) is 4.39 Å². The average molecular weight is 349 g/mol. The first kappa shape index (κ1) is 15.5. The van der Waals surface area contributed by atoms with Crippen LogP contribution in [0.5, 0.6) is 0 Å². The van der Waals surface area contributed by atoms with Crippen molar-refractivity contribution in [1.29, 1.82) is 0 Å². The molecule has 0 bridgehead atoms. The molecule has 3 heterocycles. The molecule has 0 spiro atoms. The molecule has 1 aromatic carbocycles. The van der Waals surface area contributed by atoms with Crippen molar-refractivity contribution < 1.29 is 4.39 Å². The maximum Gasteiger partial charge on any atom is 0.151 e. The lowest BCUT2D eigenvalue weighted by atomic mass is 10.1. The molecular formula is C20H20FN5. The van der Waals surface area contributed by atoms with Gasteiger partial charge in [0.2, 0.25) is 0 Å². The van der Waals surface area contributed by atoms with Crippen LogP contribution >= 0.6 is 0 Å². The first-order valence-electron chi connectivity index (χ1n) is 9.05. The molecule has 0 saturated heterocycles. The highest BCUT2D eigenvalue weighted by Gasteiger charge is 2.27. The van der Waals surface area contributed by atoms with Crippen LogP contribution in [0.25, 0.3) is 33.2 Å². The summed E-state index contributed by atoms with van der Waals surface area (Å²) < 4.78 is 16.8. The van der Waals surface area contributed by atoms with Crippen molar-refractivity contribution in [2.24, 2.45) is 0 Å². The summed E-state index contributed by atoms with van der Waals surface area (Å²) in [4.78, 5) is 16.8. The summed E-state index contributed by atoms with van der Waals surface area (Å²) in [7, 11) is 0. The van der Waals surface area contributed by atoms with Crippen LogP contribution in [0.3, 0.4) is 0 Å². The summed E-state index contributed by atoms with van der Waals surface area (Å²) in [6, 6.07) is 3.77. The topological polar surface area (TPSA) is 59.4 Å². The first-order valence-corrected chi connectivity index (χ1v) is 9.05. The second-order valence-corrected chi connectivity index (χ2v) is 7.42. The molecule has 0 radical (unpaired) electrons. The van der Waals surface area contributed by atoms with Gasteiger partial charge in [0.1, 0.15) is 22.8 Å². The van der Waals surface area contributed by atoms with Crippen LogP contribution in [0.2, 0.25) is 0 Å². The predicted molar refractivity (Wildman–Crippen MR) is 99.7 cm³/mol. The van der Waals surface area contributed by atoms with E-state index in [0.29, 0.717) is 11.4 Å². The van der Waals surface area contributed by atoms with Crippen molar-refractivity contribution in [3.8, 4) is 11.1 Å². The Morgan fingerprint density at radius 1 is 1.23 bits per heavy atom. The summed E-state index contributed by atoms with van der Waals surface area (Å²) in [5, 5.41) is 0.917. The number of hydrogen-bond acceptors (Lipinski definition) is 3. The molecular weight excluding hydrogens is 329 g/mol. The molecule has 6 heteroatoms. The Hall–Kier alpha value is -2.76. The molecule has 1 saturated carbocycles. The molecule has 26 heavy (non-hydrogen) atoms. The van der Waals surface area contributed by atoms with Crippen molar-refractivity contribution in [3.63, 3.8) is 0 Å². The minimum absolute atomic E-state index is 0.210. The van der Waals surface area contributed by atoms with Crippen molar-refractivity contribution >= 4 is 22.1 Å². The SMILES string of the molecule is Cc1nc2c(F)cc(-c3c[nH]c4nc(C5CC5)ncc34)cc2n1C(C)C. The Morgan fingerprint density at radius 2 is 2.04 bits per heavy atom. The van der Waals surface area contributed by atoms with Gasteiger partial charge >= 0.3 is 0 Å². The molecule has 0 aliphatic heterocycles. The van der Waals surface area contributed by atoms with Gasteiger partial charge in [-0.05, 0) is 51.3 Å². The Kier molecular flexibility index (Phi) is 3.20. The molecule has 1 aliphatic carbocycles. The molecule has 5 nitrogen and oxygen atoms in total. The smallest absolute Gasteiger partial charge is 0.151 e. The number of nitrogens with one attached hydrogen (secondary N) is 1. The molecule has 132 valence electrons. The number of benzene rings is 1. The Labute approximate surface area is 150 Å². The van der Waals surface area contributed by atoms with Crippen LogP contribution < -0.4 is 0 Å². The highest BCUT2D eigenvalue weighted by molar-refractivity contribution is 5.95. The highest BCUT2D eigenvalue weighted by Crippen LogP contribution is 2.39. The van der Waals surface area contributed by atoms with Gasteiger partial charge in [0.25, 0.3) is 0 Å². The third kappa shape index (κ3) is 2.25. The van der Waals surface area contributed by atoms with Crippen molar-refractivity contribution in [1.82, 2.24) is 24.5 Å². The van der Waals surface area contributed by atoms with E-state index in [1.807, 2.05) is 25.4 Å². The van der Waals surface area contributed by atoms with Gasteiger partial charge in [0, 0.05) is 35.3 Å². The standard InChI is InChI=1S/C20H20FN5/c1-10(2)26-11(3)24-18-16(21)6-13(7-17(18)26)14-8-23-20-15(14)9-22-19(25-20)12-4-5-12/h6-10,12H,4-5H2,1-3H3,(H,22,23,25). The van der Waals surface area contributed by atoms with E-state index in [-0.39, 0.29) is 11.9 Å². The lowest BCUT2D eigenvalue weighted by Crippen LogP contribution is -2.02. The van der Waals surface area contributed by atoms with Crippen LogP contribution in [0, 0.1) is 12.7 Å². The average Bonchev–Trinajstić information content (AvgIpc) is 3.27. The fraction of sp³-hybridized carbons (Fsp3) is 0.350. The maximum atomic E-state index is 14.8. The number of halogens is 1. The van der Waals surface area contributed by atoms with Gasteiger partial charge in [-0.15, -0.1) is 0 Å². The molecule has 1 N–H and O–H groups in total. The molecule has 1 fully saturated rings. The monoisotopic (exact) mass is 349 g/mol. The fourth-order valence-corrected chi connectivity index (χ4v) is 3.77. The van der Waals surface area contributed by atoms with E-state index < -0.39 is 0 Å². The Morgan fingerprint density at radius 3 is 2.77 bits per heavy atom. The zero-order valence-electron chi connectivity index (χ0n) is 15.0. The largest absolute Gasteiger partial charge is 0.345 e.